The van der Waals surface area contributed by atoms with Crippen LogP contribution >= 0.6 is 22.9 Å². The maximum Gasteiger partial charge on any atom is 0.0960 e. The van der Waals surface area contributed by atoms with Crippen LogP contribution < -0.4 is 5.32 Å². The molecule has 1 fully saturated rings. The molecule has 0 radical (unpaired) electrons. The summed E-state index contributed by atoms with van der Waals surface area (Å²) in [6.07, 6.45) is 2.43. The second kappa shape index (κ2) is 4.40. The maximum atomic E-state index is 5.71. The summed E-state index contributed by atoms with van der Waals surface area (Å²) < 4.78 is 0. The van der Waals surface area contributed by atoms with Crippen LogP contribution in [0.2, 0.25) is 0 Å². The van der Waals surface area contributed by atoms with Crippen molar-refractivity contribution in [1.29, 1.82) is 0 Å². The second-order valence-electron chi connectivity index (χ2n) is 3.33. The summed E-state index contributed by atoms with van der Waals surface area (Å²) >= 11 is 7.47. The number of nitrogens with zero attached hydrogens (tertiary/aromatic N) is 1. The van der Waals surface area contributed by atoms with E-state index in [2.05, 4.69) is 15.7 Å². The third kappa shape index (κ3) is 2.22. The molecule has 0 unspecified atom stereocenters. The predicted octanol–water partition coefficient (Wildman–Crippen LogP) is 2.35. The fraction of sp³-hybridized carbons (Fsp3) is 0.667. The normalized spacial score (nSPS) is 19.2. The smallest absolute Gasteiger partial charge is 0.0960 e. The van der Waals surface area contributed by atoms with Crippen molar-refractivity contribution >= 4 is 22.9 Å². The van der Waals surface area contributed by atoms with E-state index in [1.807, 2.05) is 0 Å². The third-order valence-electron chi connectivity index (χ3n) is 2.39. The minimum absolute atomic E-state index is 0.543. The standard InChI is InChI=1S/C9H13ClN2S/c10-5-8-6-13-9(12-8)7-1-3-11-4-2-7/h6-7,11H,1-5H2. The van der Waals surface area contributed by atoms with E-state index in [0.717, 1.165) is 18.8 Å². The molecule has 4 heteroatoms. The van der Waals surface area contributed by atoms with Gasteiger partial charge in [-0.3, -0.25) is 0 Å². The van der Waals surface area contributed by atoms with Gasteiger partial charge in [0.2, 0.25) is 0 Å². The molecule has 1 saturated heterocycles. The van der Waals surface area contributed by atoms with Crippen molar-refractivity contribution < 1.29 is 0 Å². The van der Waals surface area contributed by atoms with Crippen LogP contribution in [0.3, 0.4) is 0 Å². The molecule has 0 aromatic carbocycles. The van der Waals surface area contributed by atoms with Crippen molar-refractivity contribution in [2.75, 3.05) is 13.1 Å². The summed E-state index contributed by atoms with van der Waals surface area (Å²) in [7, 11) is 0. The van der Waals surface area contributed by atoms with Crippen LogP contribution in [0.5, 0.6) is 0 Å². The zero-order valence-electron chi connectivity index (χ0n) is 7.42. The summed E-state index contributed by atoms with van der Waals surface area (Å²) in [5.41, 5.74) is 1.03. The SMILES string of the molecule is ClCc1csc(C2CCNCC2)n1. The first kappa shape index (κ1) is 9.44. The largest absolute Gasteiger partial charge is 0.317 e. The van der Waals surface area contributed by atoms with Gasteiger partial charge in [0.25, 0.3) is 0 Å². The van der Waals surface area contributed by atoms with Gasteiger partial charge in [0.15, 0.2) is 0 Å². The molecule has 1 aromatic heterocycles. The number of halogens is 1. The fourth-order valence-corrected chi connectivity index (χ4v) is 2.86. The minimum Gasteiger partial charge on any atom is -0.317 e. The molecule has 1 aromatic rings. The summed E-state index contributed by atoms with van der Waals surface area (Å²) in [5, 5.41) is 6.70. The van der Waals surface area contributed by atoms with E-state index in [0.29, 0.717) is 11.8 Å². The molecule has 13 heavy (non-hydrogen) atoms. The highest BCUT2D eigenvalue weighted by molar-refractivity contribution is 7.09. The van der Waals surface area contributed by atoms with E-state index in [1.54, 1.807) is 11.3 Å². The molecular formula is C9H13ClN2S. The average molecular weight is 217 g/mol. The molecule has 0 atom stereocenters. The first-order valence-corrected chi connectivity index (χ1v) is 6.02. The molecular weight excluding hydrogens is 204 g/mol. The molecule has 0 aliphatic carbocycles. The topological polar surface area (TPSA) is 24.9 Å². The third-order valence-corrected chi connectivity index (χ3v) is 3.72. The van der Waals surface area contributed by atoms with Gasteiger partial charge in [-0.1, -0.05) is 0 Å². The van der Waals surface area contributed by atoms with Gasteiger partial charge in [0.05, 0.1) is 16.6 Å². The summed E-state index contributed by atoms with van der Waals surface area (Å²) in [6.45, 7) is 2.25. The highest BCUT2D eigenvalue weighted by atomic mass is 35.5. The molecule has 0 amide bonds. The van der Waals surface area contributed by atoms with Crippen molar-refractivity contribution in [3.05, 3.63) is 16.1 Å². The van der Waals surface area contributed by atoms with Crippen LogP contribution in [-0.4, -0.2) is 18.1 Å². The Labute approximate surface area is 87.3 Å². The molecule has 2 nitrogen and oxygen atoms in total. The van der Waals surface area contributed by atoms with Gasteiger partial charge in [-0.2, -0.15) is 0 Å². The summed E-state index contributed by atoms with van der Waals surface area (Å²) in [4.78, 5) is 4.51. The number of piperidine rings is 1. The molecule has 0 saturated carbocycles. The fourth-order valence-electron chi connectivity index (χ4n) is 1.64. The van der Waals surface area contributed by atoms with Gasteiger partial charge in [-0.05, 0) is 25.9 Å². The van der Waals surface area contributed by atoms with Gasteiger partial charge in [-0.15, -0.1) is 22.9 Å². The van der Waals surface area contributed by atoms with E-state index in [4.69, 9.17) is 11.6 Å². The lowest BCUT2D eigenvalue weighted by atomic mass is 9.99. The van der Waals surface area contributed by atoms with E-state index in [-0.39, 0.29) is 0 Å². The Hall–Kier alpha value is -0.120. The maximum absolute atomic E-state index is 5.71. The van der Waals surface area contributed by atoms with Gasteiger partial charge >= 0.3 is 0 Å². The molecule has 1 aliphatic heterocycles. The first-order valence-electron chi connectivity index (χ1n) is 4.61. The Kier molecular flexibility index (Phi) is 3.19. The van der Waals surface area contributed by atoms with Crippen LogP contribution in [-0.2, 0) is 5.88 Å². The first-order chi connectivity index (χ1) is 6.40. The molecule has 72 valence electrons. The Morgan fingerprint density at radius 2 is 2.31 bits per heavy atom. The molecule has 0 spiro atoms. The Morgan fingerprint density at radius 3 is 2.92 bits per heavy atom. The monoisotopic (exact) mass is 216 g/mol. The second-order valence-corrected chi connectivity index (χ2v) is 4.49. The number of hydrogen-bond donors (Lipinski definition) is 1. The van der Waals surface area contributed by atoms with Crippen LogP contribution in [0, 0.1) is 0 Å². The number of thiazole rings is 1. The number of nitrogens with one attached hydrogen (secondary N) is 1. The van der Waals surface area contributed by atoms with Crippen LogP contribution in [0.4, 0.5) is 0 Å². The number of hydrogen-bond acceptors (Lipinski definition) is 3. The van der Waals surface area contributed by atoms with Crippen molar-refractivity contribution in [3.63, 3.8) is 0 Å². The summed E-state index contributed by atoms with van der Waals surface area (Å²) in [6, 6.07) is 0. The number of alkyl halides is 1. The lowest BCUT2D eigenvalue weighted by molar-refractivity contribution is 0.459. The Morgan fingerprint density at radius 1 is 1.54 bits per heavy atom. The lowest BCUT2D eigenvalue weighted by Gasteiger charge is -2.20. The predicted molar refractivity (Wildman–Crippen MR) is 56.5 cm³/mol. The van der Waals surface area contributed by atoms with Crippen molar-refractivity contribution in [2.45, 2.75) is 24.6 Å². The average Bonchev–Trinajstić information content (AvgIpc) is 2.67. The number of rotatable bonds is 2. The van der Waals surface area contributed by atoms with Gasteiger partial charge in [0.1, 0.15) is 0 Å². The molecule has 2 rings (SSSR count). The van der Waals surface area contributed by atoms with Gasteiger partial charge < -0.3 is 5.32 Å². The molecule has 1 aliphatic rings. The van der Waals surface area contributed by atoms with E-state index >= 15 is 0 Å². The highest BCUT2D eigenvalue weighted by Crippen LogP contribution is 2.28. The van der Waals surface area contributed by atoms with E-state index in [9.17, 15) is 0 Å². The highest BCUT2D eigenvalue weighted by Gasteiger charge is 2.17. The van der Waals surface area contributed by atoms with Crippen molar-refractivity contribution in [1.82, 2.24) is 10.3 Å². The Balaban J connectivity index is 2.05. The van der Waals surface area contributed by atoms with E-state index < -0.39 is 0 Å². The van der Waals surface area contributed by atoms with Gasteiger partial charge in [-0.25, -0.2) is 4.98 Å². The van der Waals surface area contributed by atoms with Crippen molar-refractivity contribution in [2.24, 2.45) is 0 Å². The van der Waals surface area contributed by atoms with Crippen LogP contribution in [0.25, 0.3) is 0 Å². The van der Waals surface area contributed by atoms with Gasteiger partial charge in [0, 0.05) is 11.3 Å². The Bertz CT molecular complexity index is 268. The molecule has 2 heterocycles. The zero-order chi connectivity index (χ0) is 9.10. The van der Waals surface area contributed by atoms with Crippen LogP contribution in [0.15, 0.2) is 5.38 Å². The molecule has 0 bridgehead atoms. The zero-order valence-corrected chi connectivity index (χ0v) is 9.00. The lowest BCUT2D eigenvalue weighted by Crippen LogP contribution is -2.26. The molecule has 1 N–H and O–H groups in total. The minimum atomic E-state index is 0.543. The van der Waals surface area contributed by atoms with Crippen molar-refractivity contribution in [3.8, 4) is 0 Å². The van der Waals surface area contributed by atoms with Crippen LogP contribution in [0.1, 0.15) is 29.5 Å². The number of aromatic nitrogens is 1. The quantitative estimate of drug-likeness (QED) is 0.768. The summed E-state index contributed by atoms with van der Waals surface area (Å²) in [5.74, 6) is 1.21. The van der Waals surface area contributed by atoms with E-state index in [1.165, 1.54) is 17.8 Å².